The molecule has 1 aliphatic rings. The maximum atomic E-state index is 13.1. The van der Waals surface area contributed by atoms with Gasteiger partial charge in [-0.05, 0) is 47.7 Å². The second kappa shape index (κ2) is 7.66. The molecule has 1 aliphatic heterocycles. The first-order valence-corrected chi connectivity index (χ1v) is 8.38. The molecular formula is C19H17ClFNO3. The van der Waals surface area contributed by atoms with Crippen LogP contribution in [0.25, 0.3) is 0 Å². The van der Waals surface area contributed by atoms with Crippen LogP contribution in [0.2, 0.25) is 5.02 Å². The van der Waals surface area contributed by atoms with E-state index >= 15 is 0 Å². The summed E-state index contributed by atoms with van der Waals surface area (Å²) in [7, 11) is 0. The Bertz CT molecular complexity index is 761. The lowest BCUT2D eigenvalue weighted by molar-refractivity contribution is -0.128. The summed E-state index contributed by atoms with van der Waals surface area (Å²) < 4.78 is 18.0. The molecule has 1 saturated heterocycles. The van der Waals surface area contributed by atoms with Gasteiger partial charge in [0.1, 0.15) is 12.4 Å². The molecule has 1 fully saturated rings. The van der Waals surface area contributed by atoms with Crippen LogP contribution in [0, 0.1) is 5.82 Å². The van der Waals surface area contributed by atoms with Crippen molar-refractivity contribution in [3.05, 3.63) is 70.5 Å². The van der Waals surface area contributed by atoms with Crippen molar-refractivity contribution < 1.29 is 18.7 Å². The summed E-state index contributed by atoms with van der Waals surface area (Å²) in [4.78, 5) is 25.2. The van der Waals surface area contributed by atoms with Gasteiger partial charge in [-0.3, -0.25) is 4.79 Å². The van der Waals surface area contributed by atoms with E-state index in [0.29, 0.717) is 11.4 Å². The standard InChI is InChI=1S/C19H17ClFNO3/c20-16-5-3-14(4-6-16)15(11-13-1-7-17(21)8-2-13)12-18(23)22-9-10-25-19(22)24/h1-8,15H,9-12H2. The van der Waals surface area contributed by atoms with E-state index in [2.05, 4.69) is 0 Å². The van der Waals surface area contributed by atoms with Crippen molar-refractivity contribution in [2.45, 2.75) is 18.8 Å². The third-order valence-electron chi connectivity index (χ3n) is 4.22. The number of carbonyl (C=O) groups is 2. The van der Waals surface area contributed by atoms with Crippen LogP contribution in [0.15, 0.2) is 48.5 Å². The minimum atomic E-state index is -0.596. The minimum Gasteiger partial charge on any atom is -0.447 e. The number of benzene rings is 2. The Morgan fingerprint density at radius 2 is 1.84 bits per heavy atom. The Morgan fingerprint density at radius 3 is 2.44 bits per heavy atom. The van der Waals surface area contributed by atoms with Gasteiger partial charge in [-0.2, -0.15) is 0 Å². The van der Waals surface area contributed by atoms with Gasteiger partial charge in [-0.1, -0.05) is 35.9 Å². The molecule has 0 aliphatic carbocycles. The summed E-state index contributed by atoms with van der Waals surface area (Å²) in [5, 5.41) is 0.610. The van der Waals surface area contributed by atoms with Crippen molar-refractivity contribution in [1.82, 2.24) is 4.90 Å². The van der Waals surface area contributed by atoms with E-state index in [4.69, 9.17) is 16.3 Å². The Kier molecular flexibility index (Phi) is 5.34. The third kappa shape index (κ3) is 4.37. The van der Waals surface area contributed by atoms with Crippen LogP contribution < -0.4 is 0 Å². The predicted octanol–water partition coefficient (Wildman–Crippen LogP) is 4.17. The van der Waals surface area contributed by atoms with Gasteiger partial charge in [0.15, 0.2) is 0 Å². The predicted molar refractivity (Wildman–Crippen MR) is 92.0 cm³/mol. The highest BCUT2D eigenvalue weighted by Crippen LogP contribution is 2.27. The topological polar surface area (TPSA) is 46.6 Å². The zero-order valence-electron chi connectivity index (χ0n) is 13.5. The molecule has 4 nitrogen and oxygen atoms in total. The van der Waals surface area contributed by atoms with Crippen molar-refractivity contribution in [2.75, 3.05) is 13.2 Å². The second-order valence-electron chi connectivity index (χ2n) is 5.94. The maximum absolute atomic E-state index is 13.1. The first kappa shape index (κ1) is 17.4. The summed E-state index contributed by atoms with van der Waals surface area (Å²) >= 11 is 5.94. The average Bonchev–Trinajstić information content (AvgIpc) is 3.03. The molecule has 0 spiro atoms. The molecule has 0 N–H and O–H groups in total. The number of cyclic esters (lactones) is 1. The normalized spacial score (nSPS) is 15.1. The van der Waals surface area contributed by atoms with Gasteiger partial charge < -0.3 is 4.74 Å². The molecule has 2 amide bonds. The molecule has 2 aromatic rings. The molecule has 0 aromatic heterocycles. The van der Waals surface area contributed by atoms with Gasteiger partial charge in [0.25, 0.3) is 0 Å². The monoisotopic (exact) mass is 361 g/mol. The summed E-state index contributed by atoms with van der Waals surface area (Å²) in [5.41, 5.74) is 1.85. The van der Waals surface area contributed by atoms with Gasteiger partial charge in [0, 0.05) is 11.4 Å². The molecule has 0 bridgehead atoms. The van der Waals surface area contributed by atoms with E-state index in [9.17, 15) is 14.0 Å². The van der Waals surface area contributed by atoms with E-state index in [1.165, 1.54) is 12.1 Å². The highest BCUT2D eigenvalue weighted by atomic mass is 35.5. The van der Waals surface area contributed by atoms with Crippen molar-refractivity contribution >= 4 is 23.6 Å². The largest absolute Gasteiger partial charge is 0.447 e. The molecule has 1 unspecified atom stereocenters. The Hall–Kier alpha value is -2.40. The summed E-state index contributed by atoms with van der Waals surface area (Å²) in [6, 6.07) is 13.5. The fourth-order valence-electron chi connectivity index (χ4n) is 2.89. The molecule has 130 valence electrons. The SMILES string of the molecule is O=C(CC(Cc1ccc(F)cc1)c1ccc(Cl)cc1)N1CCOC1=O. The summed E-state index contributed by atoms with van der Waals surface area (Å²) in [6.07, 6.45) is 0.117. The number of nitrogens with zero attached hydrogens (tertiary/aromatic N) is 1. The molecule has 0 radical (unpaired) electrons. The van der Waals surface area contributed by atoms with Crippen LogP contribution in [0.4, 0.5) is 9.18 Å². The highest BCUT2D eigenvalue weighted by molar-refractivity contribution is 6.30. The molecule has 1 atom stereocenters. The van der Waals surface area contributed by atoms with Crippen molar-refractivity contribution in [3.8, 4) is 0 Å². The number of halogens is 2. The average molecular weight is 362 g/mol. The smallest absolute Gasteiger partial charge is 0.416 e. The van der Waals surface area contributed by atoms with Crippen LogP contribution in [-0.2, 0) is 16.0 Å². The van der Waals surface area contributed by atoms with Gasteiger partial charge in [0.2, 0.25) is 5.91 Å². The van der Waals surface area contributed by atoms with Crippen LogP contribution in [-0.4, -0.2) is 30.1 Å². The van der Waals surface area contributed by atoms with E-state index in [0.717, 1.165) is 16.0 Å². The van der Waals surface area contributed by atoms with E-state index < -0.39 is 6.09 Å². The van der Waals surface area contributed by atoms with E-state index in [1.807, 2.05) is 12.1 Å². The van der Waals surface area contributed by atoms with E-state index in [-0.39, 0.29) is 37.2 Å². The molecule has 1 heterocycles. The molecule has 6 heteroatoms. The van der Waals surface area contributed by atoms with Gasteiger partial charge >= 0.3 is 6.09 Å². The minimum absolute atomic E-state index is 0.149. The van der Waals surface area contributed by atoms with Crippen LogP contribution >= 0.6 is 11.6 Å². The molecule has 3 rings (SSSR count). The molecular weight excluding hydrogens is 345 g/mol. The van der Waals surface area contributed by atoms with Gasteiger partial charge in [-0.15, -0.1) is 0 Å². The molecule has 25 heavy (non-hydrogen) atoms. The Morgan fingerprint density at radius 1 is 1.16 bits per heavy atom. The maximum Gasteiger partial charge on any atom is 0.416 e. The number of carbonyl (C=O) groups excluding carboxylic acids is 2. The lowest BCUT2D eigenvalue weighted by Gasteiger charge is -2.19. The first-order valence-electron chi connectivity index (χ1n) is 8.00. The lowest BCUT2D eigenvalue weighted by atomic mass is 9.89. The highest BCUT2D eigenvalue weighted by Gasteiger charge is 2.30. The van der Waals surface area contributed by atoms with Crippen LogP contribution in [0.1, 0.15) is 23.5 Å². The molecule has 2 aromatic carbocycles. The van der Waals surface area contributed by atoms with Crippen molar-refractivity contribution in [3.63, 3.8) is 0 Å². The quantitative estimate of drug-likeness (QED) is 0.802. The number of imide groups is 1. The zero-order chi connectivity index (χ0) is 17.8. The first-order chi connectivity index (χ1) is 12.0. The molecule has 0 saturated carbocycles. The summed E-state index contributed by atoms with van der Waals surface area (Å²) in [6.45, 7) is 0.510. The van der Waals surface area contributed by atoms with Crippen molar-refractivity contribution in [1.29, 1.82) is 0 Å². The number of hydrogen-bond donors (Lipinski definition) is 0. The number of hydrogen-bond acceptors (Lipinski definition) is 3. The van der Waals surface area contributed by atoms with Gasteiger partial charge in [-0.25, -0.2) is 14.1 Å². The number of rotatable bonds is 5. The second-order valence-corrected chi connectivity index (χ2v) is 6.38. The van der Waals surface area contributed by atoms with E-state index in [1.54, 1.807) is 24.3 Å². The third-order valence-corrected chi connectivity index (χ3v) is 4.47. The summed E-state index contributed by atoms with van der Waals surface area (Å²) in [5.74, 6) is -0.726. The zero-order valence-corrected chi connectivity index (χ0v) is 14.2. The van der Waals surface area contributed by atoms with Gasteiger partial charge in [0.05, 0.1) is 6.54 Å². The number of amides is 2. The Balaban J connectivity index is 1.80. The Labute approximate surface area is 150 Å². The lowest BCUT2D eigenvalue weighted by Crippen LogP contribution is -2.32. The van der Waals surface area contributed by atoms with Crippen LogP contribution in [0.5, 0.6) is 0 Å². The fraction of sp³-hybridized carbons (Fsp3) is 0.263. The number of ether oxygens (including phenoxy) is 1. The fourth-order valence-corrected chi connectivity index (χ4v) is 3.01. The van der Waals surface area contributed by atoms with Crippen LogP contribution in [0.3, 0.4) is 0 Å². The van der Waals surface area contributed by atoms with Crippen molar-refractivity contribution in [2.24, 2.45) is 0 Å².